The molecule has 1 aromatic heterocycles. The number of aryl methyl sites for hydroxylation is 1. The Morgan fingerprint density at radius 2 is 2.00 bits per heavy atom. The summed E-state index contributed by atoms with van der Waals surface area (Å²) in [7, 11) is 0. The van der Waals surface area contributed by atoms with E-state index < -0.39 is 0 Å². The van der Waals surface area contributed by atoms with Crippen molar-refractivity contribution in [3.8, 4) is 17.2 Å². The summed E-state index contributed by atoms with van der Waals surface area (Å²) >= 11 is 5.96. The number of nitrogens with zero attached hydrogens (tertiary/aromatic N) is 2. The average molecular weight is 372 g/mol. The molecule has 0 fully saturated rings. The number of hydrogen-bond acceptors (Lipinski definition) is 5. The van der Waals surface area contributed by atoms with Crippen LogP contribution in [0.15, 0.2) is 47.0 Å². The molecule has 3 rings (SSSR count). The van der Waals surface area contributed by atoms with E-state index in [2.05, 4.69) is 15.5 Å². The predicted octanol–water partition coefficient (Wildman–Crippen LogP) is 4.28. The fourth-order valence-corrected chi connectivity index (χ4v) is 2.54. The van der Waals surface area contributed by atoms with Crippen LogP contribution in [0.1, 0.15) is 18.3 Å². The highest BCUT2D eigenvalue weighted by atomic mass is 35.5. The second kappa shape index (κ2) is 8.01. The summed E-state index contributed by atoms with van der Waals surface area (Å²) in [4.78, 5) is 16.5. The van der Waals surface area contributed by atoms with Gasteiger partial charge in [-0.2, -0.15) is 4.98 Å². The molecule has 0 unspecified atom stereocenters. The lowest BCUT2D eigenvalue weighted by atomic mass is 10.2. The summed E-state index contributed by atoms with van der Waals surface area (Å²) in [6, 6.07) is 12.6. The number of aromatic nitrogens is 2. The maximum atomic E-state index is 12.2. The van der Waals surface area contributed by atoms with Gasteiger partial charge in [0, 0.05) is 16.3 Å². The molecule has 26 heavy (non-hydrogen) atoms. The lowest BCUT2D eigenvalue weighted by Crippen LogP contribution is -2.15. The van der Waals surface area contributed by atoms with Crippen molar-refractivity contribution in [1.29, 1.82) is 0 Å². The maximum absolute atomic E-state index is 12.2. The van der Waals surface area contributed by atoms with Crippen LogP contribution in [0, 0.1) is 6.92 Å². The summed E-state index contributed by atoms with van der Waals surface area (Å²) < 4.78 is 10.6. The van der Waals surface area contributed by atoms with Crippen molar-refractivity contribution in [3.05, 3.63) is 58.9 Å². The topological polar surface area (TPSA) is 77.2 Å². The number of anilines is 1. The van der Waals surface area contributed by atoms with Crippen LogP contribution in [0.2, 0.25) is 5.02 Å². The summed E-state index contributed by atoms with van der Waals surface area (Å²) in [6.45, 7) is 4.42. The third kappa shape index (κ3) is 4.40. The number of benzene rings is 2. The molecule has 0 saturated carbocycles. The quantitative estimate of drug-likeness (QED) is 0.699. The Balaban J connectivity index is 1.66. The van der Waals surface area contributed by atoms with Gasteiger partial charge in [-0.05, 0) is 55.8 Å². The highest BCUT2D eigenvalue weighted by Gasteiger charge is 2.13. The van der Waals surface area contributed by atoms with E-state index in [9.17, 15) is 4.79 Å². The fourth-order valence-electron chi connectivity index (χ4n) is 2.37. The number of hydrogen-bond donors (Lipinski definition) is 1. The Labute approximate surface area is 156 Å². The van der Waals surface area contributed by atoms with E-state index in [0.29, 0.717) is 29.0 Å². The van der Waals surface area contributed by atoms with Gasteiger partial charge in [-0.3, -0.25) is 4.79 Å². The van der Waals surface area contributed by atoms with Gasteiger partial charge in [0.15, 0.2) is 5.82 Å². The third-order valence-electron chi connectivity index (χ3n) is 3.67. The Kier molecular flexibility index (Phi) is 5.53. The van der Waals surface area contributed by atoms with Crippen LogP contribution < -0.4 is 10.1 Å². The molecule has 0 atom stereocenters. The van der Waals surface area contributed by atoms with E-state index in [1.54, 1.807) is 12.1 Å². The minimum Gasteiger partial charge on any atom is -0.494 e. The number of amides is 1. The van der Waals surface area contributed by atoms with Crippen LogP contribution in [0.4, 0.5) is 5.69 Å². The van der Waals surface area contributed by atoms with E-state index in [1.807, 2.05) is 44.2 Å². The van der Waals surface area contributed by atoms with E-state index in [4.69, 9.17) is 20.9 Å². The average Bonchev–Trinajstić information content (AvgIpc) is 3.07. The van der Waals surface area contributed by atoms with E-state index >= 15 is 0 Å². The fraction of sp³-hybridized carbons (Fsp3) is 0.211. The first-order valence-electron chi connectivity index (χ1n) is 8.17. The minimum atomic E-state index is -0.241. The van der Waals surface area contributed by atoms with Crippen LogP contribution in [-0.4, -0.2) is 22.7 Å². The lowest BCUT2D eigenvalue weighted by molar-refractivity contribution is -0.115. The van der Waals surface area contributed by atoms with Gasteiger partial charge in [-0.1, -0.05) is 22.8 Å². The first-order valence-corrected chi connectivity index (χ1v) is 8.55. The van der Waals surface area contributed by atoms with Crippen molar-refractivity contribution in [1.82, 2.24) is 10.1 Å². The second-order valence-electron chi connectivity index (χ2n) is 5.66. The molecule has 0 aliphatic rings. The van der Waals surface area contributed by atoms with Crippen molar-refractivity contribution < 1.29 is 14.1 Å². The highest BCUT2D eigenvalue weighted by Crippen LogP contribution is 2.22. The summed E-state index contributed by atoms with van der Waals surface area (Å²) in [5, 5.41) is 7.24. The first-order chi connectivity index (χ1) is 12.5. The number of carbonyl (C=O) groups is 1. The van der Waals surface area contributed by atoms with E-state index in [1.165, 1.54) is 0 Å². The van der Waals surface area contributed by atoms with Crippen molar-refractivity contribution >= 4 is 23.2 Å². The van der Waals surface area contributed by atoms with Crippen molar-refractivity contribution in [2.24, 2.45) is 0 Å². The monoisotopic (exact) mass is 371 g/mol. The van der Waals surface area contributed by atoms with Gasteiger partial charge >= 0.3 is 0 Å². The molecule has 2 aromatic carbocycles. The first kappa shape index (κ1) is 17.9. The van der Waals surface area contributed by atoms with Gasteiger partial charge in [-0.25, -0.2) is 0 Å². The Morgan fingerprint density at radius 3 is 2.73 bits per heavy atom. The second-order valence-corrected chi connectivity index (χ2v) is 6.09. The lowest BCUT2D eigenvalue weighted by Gasteiger charge is -2.07. The van der Waals surface area contributed by atoms with Gasteiger partial charge in [0.05, 0.1) is 13.0 Å². The normalized spacial score (nSPS) is 10.6. The van der Waals surface area contributed by atoms with Gasteiger partial charge in [0.25, 0.3) is 5.89 Å². The molecule has 1 heterocycles. The van der Waals surface area contributed by atoms with Crippen molar-refractivity contribution in [2.75, 3.05) is 11.9 Å². The molecule has 0 bridgehead atoms. The Morgan fingerprint density at radius 1 is 1.23 bits per heavy atom. The molecule has 0 aliphatic heterocycles. The molecule has 0 radical (unpaired) electrons. The zero-order chi connectivity index (χ0) is 18.5. The molecule has 6 nitrogen and oxygen atoms in total. The highest BCUT2D eigenvalue weighted by molar-refractivity contribution is 6.31. The van der Waals surface area contributed by atoms with Gasteiger partial charge in [0.1, 0.15) is 5.75 Å². The van der Waals surface area contributed by atoms with Crippen LogP contribution >= 0.6 is 11.6 Å². The number of ether oxygens (including phenoxy) is 1. The zero-order valence-electron chi connectivity index (χ0n) is 14.5. The number of nitrogens with one attached hydrogen (secondary N) is 1. The molecule has 7 heteroatoms. The number of rotatable bonds is 6. The molecule has 0 spiro atoms. The minimum absolute atomic E-state index is 0.00643. The molecule has 1 amide bonds. The van der Waals surface area contributed by atoms with Crippen LogP contribution in [-0.2, 0) is 11.2 Å². The van der Waals surface area contributed by atoms with Crippen molar-refractivity contribution in [2.45, 2.75) is 20.3 Å². The summed E-state index contributed by atoms with van der Waals surface area (Å²) in [5.74, 6) is 1.20. The van der Waals surface area contributed by atoms with Crippen molar-refractivity contribution in [3.63, 3.8) is 0 Å². The zero-order valence-corrected chi connectivity index (χ0v) is 15.2. The summed E-state index contributed by atoms with van der Waals surface area (Å²) in [5.41, 5.74) is 2.35. The van der Waals surface area contributed by atoms with Crippen LogP contribution in [0.25, 0.3) is 11.5 Å². The summed E-state index contributed by atoms with van der Waals surface area (Å²) in [6.07, 6.45) is 0.00643. The molecule has 3 aromatic rings. The van der Waals surface area contributed by atoms with Gasteiger partial charge in [-0.15, -0.1) is 0 Å². The standard InChI is InChI=1S/C19H18ClN3O3/c1-3-25-15-8-5-13(6-9-15)19-22-17(23-26-19)11-18(24)21-16-10-14(20)7-4-12(16)2/h4-10H,3,11H2,1-2H3,(H,21,24). The molecule has 1 N–H and O–H groups in total. The Bertz CT molecular complexity index is 907. The van der Waals surface area contributed by atoms with Gasteiger partial charge in [0.2, 0.25) is 5.91 Å². The Hall–Kier alpha value is -2.86. The number of carbonyl (C=O) groups excluding carboxylic acids is 1. The maximum Gasteiger partial charge on any atom is 0.257 e. The van der Waals surface area contributed by atoms with Gasteiger partial charge < -0.3 is 14.6 Å². The van der Waals surface area contributed by atoms with E-state index in [-0.39, 0.29) is 12.3 Å². The predicted molar refractivity (Wildman–Crippen MR) is 99.4 cm³/mol. The molecule has 134 valence electrons. The largest absolute Gasteiger partial charge is 0.494 e. The SMILES string of the molecule is CCOc1ccc(-c2nc(CC(=O)Nc3cc(Cl)ccc3C)no2)cc1. The molecule has 0 saturated heterocycles. The van der Waals surface area contributed by atoms with E-state index in [0.717, 1.165) is 16.9 Å². The molecule has 0 aliphatic carbocycles. The van der Waals surface area contributed by atoms with Crippen LogP contribution in [0.5, 0.6) is 5.75 Å². The number of halogens is 1. The smallest absolute Gasteiger partial charge is 0.257 e. The molecular formula is C19H18ClN3O3. The van der Waals surface area contributed by atoms with Crippen LogP contribution in [0.3, 0.4) is 0 Å². The molecular weight excluding hydrogens is 354 g/mol. The third-order valence-corrected chi connectivity index (χ3v) is 3.91.